The van der Waals surface area contributed by atoms with Crippen molar-refractivity contribution in [2.75, 3.05) is 11.9 Å². The second kappa shape index (κ2) is 3.96. The highest BCUT2D eigenvalue weighted by atomic mass is 16.3. The zero-order chi connectivity index (χ0) is 8.97. The first kappa shape index (κ1) is 8.86. The zero-order valence-electron chi connectivity index (χ0n) is 7.15. The van der Waals surface area contributed by atoms with Crippen molar-refractivity contribution in [3.05, 3.63) is 11.9 Å². The summed E-state index contributed by atoms with van der Waals surface area (Å²) in [6.45, 7) is 3.71. The highest BCUT2D eigenvalue weighted by molar-refractivity contribution is 5.22. The van der Waals surface area contributed by atoms with Gasteiger partial charge in [-0.05, 0) is 13.8 Å². The lowest BCUT2D eigenvalue weighted by molar-refractivity contribution is 0.281. The summed E-state index contributed by atoms with van der Waals surface area (Å²) in [5, 5.41) is 19.2. The molecule has 66 valence electrons. The van der Waals surface area contributed by atoms with Gasteiger partial charge in [-0.25, -0.2) is 4.98 Å². The minimum absolute atomic E-state index is 0.0468. The summed E-state index contributed by atoms with van der Waals surface area (Å²) in [6, 6.07) is -0.0468. The van der Waals surface area contributed by atoms with E-state index in [0.717, 1.165) is 5.69 Å². The summed E-state index contributed by atoms with van der Waals surface area (Å²) in [4.78, 5) is 3.97. The average Bonchev–Trinajstić information content (AvgIpc) is 2.09. The molecule has 1 aromatic rings. The van der Waals surface area contributed by atoms with E-state index in [1.54, 1.807) is 6.20 Å². The summed E-state index contributed by atoms with van der Waals surface area (Å²) >= 11 is 0. The van der Waals surface area contributed by atoms with Gasteiger partial charge in [0.25, 0.3) is 0 Å². The molecule has 0 aromatic carbocycles. The van der Waals surface area contributed by atoms with Crippen LogP contribution in [-0.4, -0.2) is 32.9 Å². The molecular weight excluding hydrogens is 156 g/mol. The Morgan fingerprint density at radius 3 is 2.83 bits per heavy atom. The molecule has 0 aliphatic carbocycles. The molecule has 0 aliphatic rings. The Hall–Kier alpha value is -1.23. The van der Waals surface area contributed by atoms with Crippen LogP contribution < -0.4 is 5.32 Å². The monoisotopic (exact) mass is 168 g/mol. The van der Waals surface area contributed by atoms with Crippen LogP contribution in [0.25, 0.3) is 0 Å². The van der Waals surface area contributed by atoms with E-state index < -0.39 is 0 Å². The quantitative estimate of drug-likeness (QED) is 0.663. The maximum Gasteiger partial charge on any atom is 0.242 e. The van der Waals surface area contributed by atoms with Gasteiger partial charge in [0.1, 0.15) is 0 Å². The number of hydrogen-bond acceptors (Lipinski definition) is 5. The number of nitrogens with zero attached hydrogens (tertiary/aromatic N) is 3. The summed E-state index contributed by atoms with van der Waals surface area (Å²) < 4.78 is 0. The van der Waals surface area contributed by atoms with Gasteiger partial charge in [0, 0.05) is 6.04 Å². The molecule has 1 heterocycles. The van der Waals surface area contributed by atoms with E-state index in [1.807, 2.05) is 13.8 Å². The van der Waals surface area contributed by atoms with Crippen LogP contribution in [0.3, 0.4) is 0 Å². The molecule has 5 nitrogen and oxygen atoms in total. The summed E-state index contributed by atoms with van der Waals surface area (Å²) in [7, 11) is 0. The Bertz CT molecular complexity index is 236. The maximum atomic E-state index is 8.71. The number of rotatable bonds is 3. The molecule has 0 fully saturated rings. The Labute approximate surface area is 70.9 Å². The van der Waals surface area contributed by atoms with Crippen LogP contribution in [0.2, 0.25) is 0 Å². The minimum Gasteiger partial charge on any atom is -0.394 e. The van der Waals surface area contributed by atoms with Crippen molar-refractivity contribution < 1.29 is 5.11 Å². The highest BCUT2D eigenvalue weighted by Gasteiger charge is 2.01. The van der Waals surface area contributed by atoms with E-state index >= 15 is 0 Å². The van der Waals surface area contributed by atoms with E-state index in [-0.39, 0.29) is 12.6 Å². The van der Waals surface area contributed by atoms with Crippen LogP contribution in [0.5, 0.6) is 0 Å². The molecule has 0 amide bonds. The van der Waals surface area contributed by atoms with Crippen LogP contribution in [-0.2, 0) is 0 Å². The van der Waals surface area contributed by atoms with E-state index in [4.69, 9.17) is 5.11 Å². The second-order valence-electron chi connectivity index (χ2n) is 2.65. The van der Waals surface area contributed by atoms with Crippen LogP contribution in [0.4, 0.5) is 5.95 Å². The van der Waals surface area contributed by atoms with Crippen molar-refractivity contribution >= 4 is 5.95 Å². The number of nitrogens with one attached hydrogen (secondary N) is 1. The topological polar surface area (TPSA) is 70.9 Å². The van der Waals surface area contributed by atoms with Crippen LogP contribution >= 0.6 is 0 Å². The molecule has 0 spiro atoms. The lowest BCUT2D eigenvalue weighted by Crippen LogP contribution is -2.21. The fraction of sp³-hybridized carbons (Fsp3) is 0.571. The van der Waals surface area contributed by atoms with Crippen LogP contribution in [0, 0.1) is 6.92 Å². The van der Waals surface area contributed by atoms with Gasteiger partial charge in [0.15, 0.2) is 0 Å². The largest absolute Gasteiger partial charge is 0.394 e. The first-order valence-electron chi connectivity index (χ1n) is 3.76. The minimum atomic E-state index is -0.0468. The molecule has 1 atom stereocenters. The third-order valence-electron chi connectivity index (χ3n) is 1.33. The summed E-state index contributed by atoms with van der Waals surface area (Å²) in [6.07, 6.45) is 1.62. The Morgan fingerprint density at radius 1 is 1.58 bits per heavy atom. The van der Waals surface area contributed by atoms with Crippen molar-refractivity contribution in [3.63, 3.8) is 0 Å². The Morgan fingerprint density at radius 2 is 2.33 bits per heavy atom. The molecule has 5 heteroatoms. The van der Waals surface area contributed by atoms with Crippen molar-refractivity contribution in [2.24, 2.45) is 0 Å². The number of aliphatic hydroxyl groups is 1. The van der Waals surface area contributed by atoms with E-state index in [1.165, 1.54) is 0 Å². The molecule has 0 saturated heterocycles. The number of hydrogen-bond donors (Lipinski definition) is 2. The maximum absolute atomic E-state index is 8.71. The van der Waals surface area contributed by atoms with E-state index in [0.29, 0.717) is 5.95 Å². The standard InChI is InChI=1S/C7H12N4O/c1-5-3-8-7(11-10-5)9-6(2)4-12/h3,6,12H,4H2,1-2H3,(H,8,9,11). The fourth-order valence-electron chi connectivity index (χ4n) is 0.665. The molecule has 12 heavy (non-hydrogen) atoms. The molecule has 2 N–H and O–H groups in total. The predicted molar refractivity (Wildman–Crippen MR) is 44.7 cm³/mol. The average molecular weight is 168 g/mol. The SMILES string of the molecule is Cc1cnc(NC(C)CO)nn1. The number of anilines is 1. The highest BCUT2D eigenvalue weighted by Crippen LogP contribution is 1.97. The fourth-order valence-corrected chi connectivity index (χ4v) is 0.665. The normalized spacial score (nSPS) is 12.6. The summed E-state index contributed by atoms with van der Waals surface area (Å²) in [5.74, 6) is 0.446. The lowest BCUT2D eigenvalue weighted by atomic mass is 10.4. The first-order chi connectivity index (χ1) is 5.72. The van der Waals surface area contributed by atoms with Crippen LogP contribution in [0.1, 0.15) is 12.6 Å². The molecule has 1 unspecified atom stereocenters. The van der Waals surface area contributed by atoms with Crippen molar-refractivity contribution in [1.29, 1.82) is 0 Å². The van der Waals surface area contributed by atoms with Gasteiger partial charge in [-0.15, -0.1) is 5.10 Å². The van der Waals surface area contributed by atoms with Crippen molar-refractivity contribution in [3.8, 4) is 0 Å². The number of aromatic nitrogens is 3. The number of aryl methyl sites for hydroxylation is 1. The first-order valence-corrected chi connectivity index (χ1v) is 3.76. The molecule has 0 bridgehead atoms. The Kier molecular flexibility index (Phi) is 2.93. The van der Waals surface area contributed by atoms with Crippen molar-refractivity contribution in [1.82, 2.24) is 15.2 Å². The lowest BCUT2D eigenvalue weighted by Gasteiger charge is -2.08. The van der Waals surface area contributed by atoms with Crippen molar-refractivity contribution in [2.45, 2.75) is 19.9 Å². The molecule has 1 aromatic heterocycles. The van der Waals surface area contributed by atoms with Gasteiger partial charge in [-0.3, -0.25) is 0 Å². The van der Waals surface area contributed by atoms with Gasteiger partial charge in [0.05, 0.1) is 18.5 Å². The van der Waals surface area contributed by atoms with Gasteiger partial charge in [-0.2, -0.15) is 5.10 Å². The molecule has 0 saturated carbocycles. The molecule has 0 aliphatic heterocycles. The van der Waals surface area contributed by atoms with Gasteiger partial charge < -0.3 is 10.4 Å². The zero-order valence-corrected chi connectivity index (χ0v) is 7.15. The molecular formula is C7H12N4O. The smallest absolute Gasteiger partial charge is 0.242 e. The molecule has 0 radical (unpaired) electrons. The molecule has 1 rings (SSSR count). The van der Waals surface area contributed by atoms with E-state index in [9.17, 15) is 0 Å². The van der Waals surface area contributed by atoms with E-state index in [2.05, 4.69) is 20.5 Å². The third-order valence-corrected chi connectivity index (χ3v) is 1.33. The third kappa shape index (κ3) is 2.43. The number of aliphatic hydroxyl groups excluding tert-OH is 1. The van der Waals surface area contributed by atoms with Crippen LogP contribution in [0.15, 0.2) is 6.20 Å². The Balaban J connectivity index is 2.58. The van der Waals surface area contributed by atoms with Gasteiger partial charge in [0.2, 0.25) is 5.95 Å². The predicted octanol–water partition coefficient (Wildman–Crippen LogP) is -0.0273. The van der Waals surface area contributed by atoms with Gasteiger partial charge >= 0.3 is 0 Å². The van der Waals surface area contributed by atoms with Gasteiger partial charge in [-0.1, -0.05) is 0 Å². The second-order valence-corrected chi connectivity index (χ2v) is 2.65. The summed E-state index contributed by atoms with van der Waals surface area (Å²) in [5.41, 5.74) is 0.775.